The van der Waals surface area contributed by atoms with E-state index in [1.165, 1.54) is 0 Å². The third-order valence-corrected chi connectivity index (χ3v) is 5.74. The Balaban J connectivity index is 1.84. The first-order valence-electron chi connectivity index (χ1n) is 8.69. The van der Waals surface area contributed by atoms with Gasteiger partial charge in [-0.2, -0.15) is 0 Å². The van der Waals surface area contributed by atoms with Gasteiger partial charge >= 0.3 is 0 Å². The monoisotopic (exact) mass is 295 g/mol. The lowest BCUT2D eigenvalue weighted by Crippen LogP contribution is -2.45. The van der Waals surface area contributed by atoms with Crippen LogP contribution in [0.2, 0.25) is 0 Å². The highest BCUT2D eigenvalue weighted by atomic mass is 16.3. The van der Waals surface area contributed by atoms with E-state index in [9.17, 15) is 9.90 Å². The molecule has 0 spiro atoms. The van der Waals surface area contributed by atoms with E-state index in [1.807, 2.05) is 7.05 Å². The first-order valence-corrected chi connectivity index (χ1v) is 8.69. The second-order valence-electron chi connectivity index (χ2n) is 8.54. The minimum atomic E-state index is -0.618. The van der Waals surface area contributed by atoms with E-state index in [0.717, 1.165) is 57.3 Å². The summed E-state index contributed by atoms with van der Waals surface area (Å²) < 4.78 is 0. The highest BCUT2D eigenvalue weighted by molar-refractivity contribution is 5.78. The third-order valence-electron chi connectivity index (χ3n) is 5.74. The lowest BCUT2D eigenvalue weighted by Gasteiger charge is -2.38. The third kappa shape index (κ3) is 4.21. The molecule has 0 aromatic carbocycles. The summed E-state index contributed by atoms with van der Waals surface area (Å²) in [4.78, 5) is 14.4. The molecule has 0 radical (unpaired) electrons. The van der Waals surface area contributed by atoms with Gasteiger partial charge in [0.05, 0.1) is 5.60 Å². The number of likely N-dealkylation sites (N-methyl/N-ethyl adjacent to an activating group) is 1. The van der Waals surface area contributed by atoms with Gasteiger partial charge in [-0.25, -0.2) is 0 Å². The minimum absolute atomic E-state index is 0.179. The zero-order chi connectivity index (χ0) is 15.7. The number of amides is 1. The maximum Gasteiger partial charge on any atom is 0.225 e. The molecule has 0 aromatic heterocycles. The van der Waals surface area contributed by atoms with E-state index in [-0.39, 0.29) is 11.8 Å². The molecule has 0 bridgehead atoms. The van der Waals surface area contributed by atoms with Crippen LogP contribution in [-0.4, -0.2) is 35.1 Å². The molecule has 0 saturated heterocycles. The van der Waals surface area contributed by atoms with Gasteiger partial charge in [0.2, 0.25) is 5.91 Å². The van der Waals surface area contributed by atoms with E-state index < -0.39 is 5.60 Å². The second-order valence-corrected chi connectivity index (χ2v) is 8.54. The first-order chi connectivity index (χ1) is 9.71. The maximum absolute atomic E-state index is 12.6. The topological polar surface area (TPSA) is 40.5 Å². The minimum Gasteiger partial charge on any atom is -0.388 e. The van der Waals surface area contributed by atoms with Crippen molar-refractivity contribution in [2.75, 3.05) is 13.6 Å². The summed E-state index contributed by atoms with van der Waals surface area (Å²) in [7, 11) is 1.87. The highest BCUT2D eigenvalue weighted by Gasteiger charge is 2.37. The number of hydrogen-bond donors (Lipinski definition) is 1. The molecule has 1 amide bonds. The van der Waals surface area contributed by atoms with Crippen LogP contribution in [0, 0.1) is 17.3 Å². The van der Waals surface area contributed by atoms with Crippen molar-refractivity contribution in [3.05, 3.63) is 0 Å². The Labute approximate surface area is 130 Å². The molecule has 2 aliphatic carbocycles. The first kappa shape index (κ1) is 16.8. The number of nitrogens with zero attached hydrogens (tertiary/aromatic N) is 1. The second kappa shape index (κ2) is 6.28. The number of aliphatic hydroxyl groups is 1. The molecule has 0 atom stereocenters. The average molecular weight is 295 g/mol. The molecule has 0 heterocycles. The molecule has 3 nitrogen and oxygen atoms in total. The van der Waals surface area contributed by atoms with Crippen LogP contribution in [0.5, 0.6) is 0 Å². The molecule has 0 aromatic rings. The van der Waals surface area contributed by atoms with Crippen LogP contribution in [0.15, 0.2) is 0 Å². The maximum atomic E-state index is 12.6. The predicted molar refractivity (Wildman–Crippen MR) is 86.0 cm³/mol. The molecule has 2 fully saturated rings. The Kier molecular flexibility index (Phi) is 5.02. The molecular formula is C18H33NO2. The van der Waals surface area contributed by atoms with Gasteiger partial charge in [0, 0.05) is 19.5 Å². The van der Waals surface area contributed by atoms with Gasteiger partial charge in [-0.1, -0.05) is 33.6 Å². The fourth-order valence-electron chi connectivity index (χ4n) is 4.23. The van der Waals surface area contributed by atoms with Gasteiger partial charge in [-0.05, 0) is 49.9 Å². The molecule has 1 N–H and O–H groups in total. The number of carbonyl (C=O) groups is 1. The SMILES string of the molecule is CN(CC1(O)CCCC1)C(=O)C1CCC(C(C)(C)C)CC1. The van der Waals surface area contributed by atoms with Crippen molar-refractivity contribution in [2.45, 2.75) is 77.7 Å². The van der Waals surface area contributed by atoms with Crippen molar-refractivity contribution < 1.29 is 9.90 Å². The zero-order valence-corrected chi connectivity index (χ0v) is 14.3. The number of rotatable bonds is 3. The summed E-state index contributed by atoms with van der Waals surface area (Å²) in [6.07, 6.45) is 8.25. The summed E-state index contributed by atoms with van der Waals surface area (Å²) in [6, 6.07) is 0. The quantitative estimate of drug-likeness (QED) is 0.864. The molecule has 2 saturated carbocycles. The highest BCUT2D eigenvalue weighted by Crippen LogP contribution is 2.40. The van der Waals surface area contributed by atoms with E-state index >= 15 is 0 Å². The van der Waals surface area contributed by atoms with E-state index in [4.69, 9.17) is 0 Å². The van der Waals surface area contributed by atoms with Gasteiger partial charge in [0.25, 0.3) is 0 Å². The van der Waals surface area contributed by atoms with E-state index in [0.29, 0.717) is 12.0 Å². The van der Waals surface area contributed by atoms with Gasteiger partial charge in [0.15, 0.2) is 0 Å². The molecule has 122 valence electrons. The molecule has 0 aliphatic heterocycles. The smallest absolute Gasteiger partial charge is 0.225 e. The Hall–Kier alpha value is -0.570. The van der Waals surface area contributed by atoms with Crippen LogP contribution in [-0.2, 0) is 4.79 Å². The van der Waals surface area contributed by atoms with Crippen LogP contribution in [0.3, 0.4) is 0 Å². The number of hydrogen-bond acceptors (Lipinski definition) is 2. The lowest BCUT2D eigenvalue weighted by atomic mass is 9.69. The van der Waals surface area contributed by atoms with Crippen molar-refractivity contribution in [1.82, 2.24) is 4.90 Å². The lowest BCUT2D eigenvalue weighted by molar-refractivity contribution is -0.139. The predicted octanol–water partition coefficient (Wildman–Crippen LogP) is 3.60. The fourth-order valence-corrected chi connectivity index (χ4v) is 4.23. The number of carbonyl (C=O) groups excluding carboxylic acids is 1. The Bertz CT molecular complexity index is 358. The molecule has 21 heavy (non-hydrogen) atoms. The fraction of sp³-hybridized carbons (Fsp3) is 0.944. The summed E-state index contributed by atoms with van der Waals surface area (Å²) in [5, 5.41) is 10.5. The van der Waals surface area contributed by atoms with Gasteiger partial charge in [-0.3, -0.25) is 4.79 Å². The van der Waals surface area contributed by atoms with Crippen molar-refractivity contribution in [1.29, 1.82) is 0 Å². The summed E-state index contributed by atoms with van der Waals surface area (Å²) >= 11 is 0. The van der Waals surface area contributed by atoms with E-state index in [2.05, 4.69) is 20.8 Å². The van der Waals surface area contributed by atoms with Gasteiger partial charge in [-0.15, -0.1) is 0 Å². The van der Waals surface area contributed by atoms with Gasteiger partial charge < -0.3 is 10.0 Å². The normalized spacial score (nSPS) is 29.4. The van der Waals surface area contributed by atoms with Gasteiger partial charge in [0.1, 0.15) is 0 Å². The largest absolute Gasteiger partial charge is 0.388 e. The average Bonchev–Trinajstić information content (AvgIpc) is 2.83. The van der Waals surface area contributed by atoms with Crippen LogP contribution in [0.1, 0.15) is 72.1 Å². The zero-order valence-electron chi connectivity index (χ0n) is 14.3. The molecule has 2 rings (SSSR count). The Morgan fingerprint density at radius 1 is 1.14 bits per heavy atom. The summed E-state index contributed by atoms with van der Waals surface area (Å²) in [6.45, 7) is 7.44. The van der Waals surface area contributed by atoms with Crippen molar-refractivity contribution in [2.24, 2.45) is 17.3 Å². The Morgan fingerprint density at radius 2 is 1.67 bits per heavy atom. The van der Waals surface area contributed by atoms with Crippen molar-refractivity contribution in [3.8, 4) is 0 Å². The molecule has 2 aliphatic rings. The van der Waals surface area contributed by atoms with Crippen LogP contribution in [0.4, 0.5) is 0 Å². The van der Waals surface area contributed by atoms with Crippen LogP contribution >= 0.6 is 0 Å². The van der Waals surface area contributed by atoms with Crippen molar-refractivity contribution in [3.63, 3.8) is 0 Å². The van der Waals surface area contributed by atoms with Crippen molar-refractivity contribution >= 4 is 5.91 Å². The molecular weight excluding hydrogens is 262 g/mol. The molecule has 0 unspecified atom stereocenters. The van der Waals surface area contributed by atoms with E-state index in [1.54, 1.807) is 4.90 Å². The van der Waals surface area contributed by atoms with Crippen LogP contribution in [0.25, 0.3) is 0 Å². The molecule has 3 heteroatoms. The summed E-state index contributed by atoms with van der Waals surface area (Å²) in [5.41, 5.74) is -0.258. The standard InChI is InChI=1S/C18H33NO2/c1-17(2,3)15-9-7-14(8-10-15)16(20)19(4)13-18(21)11-5-6-12-18/h14-15,21H,5-13H2,1-4H3. The Morgan fingerprint density at radius 3 is 2.14 bits per heavy atom. The summed E-state index contributed by atoms with van der Waals surface area (Å²) in [5.74, 6) is 1.17. The van der Waals surface area contributed by atoms with Crippen LogP contribution < -0.4 is 0 Å².